The molecule has 0 unspecified atom stereocenters. The molecule has 0 saturated carbocycles. The lowest BCUT2D eigenvalue weighted by atomic mass is 10.1. The van der Waals surface area contributed by atoms with Gasteiger partial charge in [0, 0.05) is 33.8 Å². The normalized spacial score (nSPS) is 15.1. The van der Waals surface area contributed by atoms with Crippen LogP contribution in [0.15, 0.2) is 57.9 Å². The van der Waals surface area contributed by atoms with Crippen molar-refractivity contribution < 1.29 is 18.9 Å². The van der Waals surface area contributed by atoms with Crippen molar-refractivity contribution in [3.8, 4) is 11.3 Å². The van der Waals surface area contributed by atoms with E-state index < -0.39 is 16.1 Å². The molecule has 1 aliphatic rings. The minimum Gasteiger partial charge on any atom is -0.457 e. The van der Waals surface area contributed by atoms with E-state index in [-0.39, 0.29) is 22.2 Å². The highest BCUT2D eigenvalue weighted by molar-refractivity contribution is 8.18. The number of imide groups is 1. The number of nitrogens with zero attached hydrogens (tertiary/aromatic N) is 2. The zero-order valence-corrected chi connectivity index (χ0v) is 19.0. The second-order valence-electron chi connectivity index (χ2n) is 6.63. The number of nitro benzene ring substituents is 1. The Kier molecular flexibility index (Phi) is 6.30. The number of thioether (sulfide) groups is 1. The predicted octanol–water partition coefficient (Wildman–Crippen LogP) is 7.05. The Hall–Kier alpha value is -2.78. The summed E-state index contributed by atoms with van der Waals surface area (Å²) in [5.74, 6) is 0.213. The number of non-ortho nitro benzene ring substituents is 1. The average Bonchev–Trinajstić information content (AvgIpc) is 3.29. The summed E-state index contributed by atoms with van der Waals surface area (Å²) in [6.07, 6.45) is 1.46. The molecule has 162 valence electrons. The van der Waals surface area contributed by atoms with Crippen LogP contribution >= 0.6 is 46.6 Å². The van der Waals surface area contributed by atoms with Crippen LogP contribution in [0, 0.1) is 10.1 Å². The van der Waals surface area contributed by atoms with E-state index in [1.165, 1.54) is 24.3 Å². The molecule has 0 bridgehead atoms. The largest absolute Gasteiger partial charge is 0.457 e. The quantitative estimate of drug-likeness (QED) is 0.208. The van der Waals surface area contributed by atoms with Crippen molar-refractivity contribution in [3.05, 3.63) is 89.9 Å². The Morgan fingerprint density at radius 3 is 2.50 bits per heavy atom. The number of nitro groups is 1. The molecule has 11 heteroatoms. The predicted molar refractivity (Wildman–Crippen MR) is 124 cm³/mol. The molecule has 1 aromatic heterocycles. The first kappa shape index (κ1) is 22.4. The number of carbonyl (C=O) groups is 2. The van der Waals surface area contributed by atoms with Gasteiger partial charge in [0.2, 0.25) is 0 Å². The summed E-state index contributed by atoms with van der Waals surface area (Å²) in [4.78, 5) is 36.7. The summed E-state index contributed by atoms with van der Waals surface area (Å²) in [5, 5.41) is 11.4. The van der Waals surface area contributed by atoms with E-state index in [0.29, 0.717) is 32.7 Å². The number of hydrogen-bond acceptors (Lipinski definition) is 6. The summed E-state index contributed by atoms with van der Waals surface area (Å²) in [6, 6.07) is 12.1. The van der Waals surface area contributed by atoms with E-state index in [1.807, 2.05) is 0 Å². The molecule has 0 aliphatic carbocycles. The second-order valence-corrected chi connectivity index (χ2v) is 8.87. The lowest BCUT2D eigenvalue weighted by Crippen LogP contribution is -2.27. The van der Waals surface area contributed by atoms with Crippen molar-refractivity contribution in [3.63, 3.8) is 0 Å². The van der Waals surface area contributed by atoms with Gasteiger partial charge in [-0.05, 0) is 47.7 Å². The van der Waals surface area contributed by atoms with Gasteiger partial charge in [-0.3, -0.25) is 24.6 Å². The van der Waals surface area contributed by atoms with Crippen molar-refractivity contribution in [2.45, 2.75) is 6.54 Å². The van der Waals surface area contributed by atoms with Crippen LogP contribution in [0.5, 0.6) is 0 Å². The zero-order valence-electron chi connectivity index (χ0n) is 15.9. The third kappa shape index (κ3) is 4.54. The highest BCUT2D eigenvalue weighted by Gasteiger charge is 2.35. The van der Waals surface area contributed by atoms with Crippen molar-refractivity contribution in [1.29, 1.82) is 0 Å². The lowest BCUT2D eigenvalue weighted by molar-refractivity contribution is -0.384. The standard InChI is InChI=1S/C21H11Cl3N2O5S/c22-12-2-1-11(16(23)7-12)10-25-20(27)19(32-21(25)28)9-14-4-6-18(31-14)15-5-3-13(26(29)30)8-17(15)24/h1-9H,10H2/b19-9-. The Morgan fingerprint density at radius 1 is 1.03 bits per heavy atom. The molecule has 0 spiro atoms. The van der Waals surface area contributed by atoms with Crippen LogP contribution in [-0.4, -0.2) is 21.0 Å². The first-order valence-corrected chi connectivity index (χ1v) is 10.9. The van der Waals surface area contributed by atoms with Crippen LogP contribution in [0.3, 0.4) is 0 Å². The van der Waals surface area contributed by atoms with Crippen molar-refractivity contribution in [1.82, 2.24) is 4.90 Å². The number of halogens is 3. The van der Waals surface area contributed by atoms with Gasteiger partial charge in [-0.2, -0.15) is 0 Å². The van der Waals surface area contributed by atoms with Crippen LogP contribution in [0.1, 0.15) is 11.3 Å². The molecule has 4 rings (SSSR count). The van der Waals surface area contributed by atoms with E-state index in [4.69, 9.17) is 39.2 Å². The Bertz CT molecular complexity index is 1300. The molecule has 2 amide bonds. The molecule has 7 nitrogen and oxygen atoms in total. The number of hydrogen-bond donors (Lipinski definition) is 0. The molecule has 1 aliphatic heterocycles. The molecule has 0 N–H and O–H groups in total. The molecule has 1 fully saturated rings. The van der Waals surface area contributed by atoms with Crippen LogP contribution in [0.4, 0.5) is 10.5 Å². The molecule has 2 aromatic carbocycles. The number of amides is 2. The van der Waals surface area contributed by atoms with Crippen molar-refractivity contribution in [2.24, 2.45) is 0 Å². The van der Waals surface area contributed by atoms with Gasteiger partial charge in [0.1, 0.15) is 11.5 Å². The maximum absolute atomic E-state index is 12.8. The molecule has 1 saturated heterocycles. The smallest absolute Gasteiger partial charge is 0.293 e. The molecule has 0 atom stereocenters. The fraction of sp³-hybridized carbons (Fsp3) is 0.0476. The number of carbonyl (C=O) groups excluding carboxylic acids is 2. The Labute approximate surface area is 200 Å². The van der Waals surface area contributed by atoms with Crippen molar-refractivity contribution >= 4 is 69.5 Å². The number of furan rings is 1. The second kappa shape index (κ2) is 8.99. The minimum absolute atomic E-state index is 0.0137. The molecule has 3 aromatic rings. The van der Waals surface area contributed by atoms with Gasteiger partial charge >= 0.3 is 0 Å². The highest BCUT2D eigenvalue weighted by Crippen LogP contribution is 2.36. The topological polar surface area (TPSA) is 93.7 Å². The van der Waals surface area contributed by atoms with Gasteiger partial charge in [-0.1, -0.05) is 40.9 Å². The first-order chi connectivity index (χ1) is 15.2. The van der Waals surface area contributed by atoms with Gasteiger partial charge in [-0.25, -0.2) is 0 Å². The average molecular weight is 510 g/mol. The lowest BCUT2D eigenvalue weighted by Gasteiger charge is -2.13. The van der Waals surface area contributed by atoms with E-state index in [1.54, 1.807) is 30.3 Å². The molecule has 0 radical (unpaired) electrons. The van der Waals surface area contributed by atoms with Crippen LogP contribution < -0.4 is 0 Å². The zero-order chi connectivity index (χ0) is 23.0. The fourth-order valence-corrected chi connectivity index (χ4v) is 4.53. The highest BCUT2D eigenvalue weighted by atomic mass is 35.5. The van der Waals surface area contributed by atoms with Gasteiger partial charge in [0.15, 0.2) is 0 Å². The molecule has 2 heterocycles. The Balaban J connectivity index is 1.55. The third-order valence-electron chi connectivity index (χ3n) is 4.55. The van der Waals surface area contributed by atoms with Gasteiger partial charge in [0.05, 0.1) is 21.4 Å². The van der Waals surface area contributed by atoms with E-state index >= 15 is 0 Å². The molecular weight excluding hydrogens is 499 g/mol. The fourth-order valence-electron chi connectivity index (χ4n) is 2.98. The SMILES string of the molecule is O=C1S/C(=C\c2ccc(-c3ccc([N+](=O)[O-])cc3Cl)o2)C(=O)N1Cc1ccc(Cl)cc1Cl. The van der Waals surface area contributed by atoms with E-state index in [2.05, 4.69) is 0 Å². The van der Waals surface area contributed by atoms with Crippen LogP contribution in [0.2, 0.25) is 15.1 Å². The van der Waals surface area contributed by atoms with Gasteiger partial charge < -0.3 is 4.42 Å². The van der Waals surface area contributed by atoms with Gasteiger partial charge in [-0.15, -0.1) is 0 Å². The summed E-state index contributed by atoms with van der Waals surface area (Å²) >= 11 is 19.0. The maximum Gasteiger partial charge on any atom is 0.293 e. The first-order valence-electron chi connectivity index (χ1n) is 8.96. The van der Waals surface area contributed by atoms with E-state index in [9.17, 15) is 19.7 Å². The van der Waals surface area contributed by atoms with E-state index in [0.717, 1.165) is 16.7 Å². The molecular formula is C21H11Cl3N2O5S. The number of rotatable bonds is 5. The maximum atomic E-state index is 12.8. The summed E-state index contributed by atoms with van der Waals surface area (Å²) in [7, 11) is 0. The number of benzene rings is 2. The summed E-state index contributed by atoms with van der Waals surface area (Å²) in [6.45, 7) is 0.0137. The van der Waals surface area contributed by atoms with Crippen LogP contribution in [-0.2, 0) is 11.3 Å². The van der Waals surface area contributed by atoms with Gasteiger partial charge in [0.25, 0.3) is 16.8 Å². The summed E-state index contributed by atoms with van der Waals surface area (Å²) < 4.78 is 5.72. The summed E-state index contributed by atoms with van der Waals surface area (Å²) in [5.41, 5.74) is 0.912. The Morgan fingerprint density at radius 2 is 1.81 bits per heavy atom. The monoisotopic (exact) mass is 508 g/mol. The minimum atomic E-state index is -0.545. The third-order valence-corrected chi connectivity index (χ3v) is 6.35. The molecule has 32 heavy (non-hydrogen) atoms. The van der Waals surface area contributed by atoms with Crippen LogP contribution in [0.25, 0.3) is 17.4 Å². The van der Waals surface area contributed by atoms with Crippen molar-refractivity contribution in [2.75, 3.05) is 0 Å².